The first-order chi connectivity index (χ1) is 11.2. The molecule has 0 atom stereocenters. The Bertz CT molecular complexity index is 798. The second kappa shape index (κ2) is 7.88. The third-order valence-corrected chi connectivity index (χ3v) is 2.78. The average molecular weight is 381 g/mol. The van der Waals surface area contributed by atoms with Crippen molar-refractivity contribution in [1.82, 2.24) is 10.3 Å². The summed E-state index contributed by atoms with van der Waals surface area (Å²) >= 11 is 0. The van der Waals surface area contributed by atoms with Crippen molar-refractivity contribution in [2.45, 2.75) is 6.18 Å². The van der Waals surface area contributed by atoms with Crippen molar-refractivity contribution in [1.29, 1.82) is 0 Å². The first-order valence-corrected chi connectivity index (χ1v) is 6.49. The topological polar surface area (TPSA) is 109 Å². The van der Waals surface area contributed by atoms with Gasteiger partial charge >= 0.3 is 12.1 Å². The van der Waals surface area contributed by atoms with Gasteiger partial charge in [0, 0.05) is 5.39 Å². The molecular weight excluding hydrogens is 369 g/mol. The summed E-state index contributed by atoms with van der Waals surface area (Å²) in [7, 11) is 0. The number of aromatic nitrogens is 1. The normalized spacial score (nSPS) is 10.8. The molecule has 0 radical (unpaired) electrons. The molecule has 0 aliphatic heterocycles. The minimum Gasteiger partial charge on any atom is -0.505 e. The number of nitrogens with one attached hydrogen (secondary N) is 1. The van der Waals surface area contributed by atoms with E-state index in [0.29, 0.717) is 0 Å². The molecule has 0 spiro atoms. The zero-order valence-corrected chi connectivity index (χ0v) is 13.1. The van der Waals surface area contributed by atoms with Crippen LogP contribution in [-0.2, 0) is 4.79 Å². The smallest absolute Gasteiger partial charge is 0.422 e. The van der Waals surface area contributed by atoms with Gasteiger partial charge in [0.1, 0.15) is 18.0 Å². The Balaban J connectivity index is 0.00000312. The number of ether oxygens (including phenoxy) is 1. The van der Waals surface area contributed by atoms with Gasteiger partial charge in [-0.3, -0.25) is 9.59 Å². The average Bonchev–Trinajstić information content (AvgIpc) is 2.49. The Morgan fingerprint density at radius 1 is 1.24 bits per heavy atom. The number of halogens is 4. The number of pyridine rings is 1. The highest BCUT2D eigenvalue weighted by molar-refractivity contribution is 5.99. The zero-order chi connectivity index (χ0) is 17.9. The molecule has 0 fully saturated rings. The lowest BCUT2D eigenvalue weighted by Gasteiger charge is -2.10. The number of nitrogens with zero attached hydrogens (tertiary/aromatic N) is 1. The Morgan fingerprint density at radius 3 is 2.52 bits per heavy atom. The van der Waals surface area contributed by atoms with Crippen LogP contribution in [0.3, 0.4) is 0 Å². The molecule has 0 saturated heterocycles. The van der Waals surface area contributed by atoms with Gasteiger partial charge in [0.25, 0.3) is 5.91 Å². The molecule has 1 aromatic heterocycles. The number of alkyl halides is 3. The van der Waals surface area contributed by atoms with Crippen molar-refractivity contribution in [3.8, 4) is 11.5 Å². The lowest BCUT2D eigenvalue weighted by Crippen LogP contribution is -2.29. The van der Waals surface area contributed by atoms with Gasteiger partial charge in [-0.15, -0.1) is 12.4 Å². The summed E-state index contributed by atoms with van der Waals surface area (Å²) < 4.78 is 41.0. The highest BCUT2D eigenvalue weighted by Crippen LogP contribution is 2.26. The number of hydrogen-bond donors (Lipinski definition) is 3. The van der Waals surface area contributed by atoms with Crippen LogP contribution in [0.15, 0.2) is 24.3 Å². The van der Waals surface area contributed by atoms with E-state index in [9.17, 15) is 27.9 Å². The Labute approximate surface area is 144 Å². The fraction of sp³-hybridized carbons (Fsp3) is 0.214. The van der Waals surface area contributed by atoms with Gasteiger partial charge in [0.05, 0.1) is 5.52 Å². The molecule has 136 valence electrons. The predicted molar refractivity (Wildman–Crippen MR) is 82.2 cm³/mol. The largest absolute Gasteiger partial charge is 0.505 e. The van der Waals surface area contributed by atoms with Crippen molar-refractivity contribution in [2.24, 2.45) is 0 Å². The Morgan fingerprint density at radius 2 is 1.92 bits per heavy atom. The molecule has 2 aromatic rings. The summed E-state index contributed by atoms with van der Waals surface area (Å²) in [5.41, 5.74) is -0.180. The quantitative estimate of drug-likeness (QED) is 0.733. The number of carbonyl (C=O) groups excluding carboxylic acids is 1. The summed E-state index contributed by atoms with van der Waals surface area (Å²) in [6.45, 7) is -2.12. The number of fused-ring (bicyclic) bond motifs is 1. The standard InChI is InChI=1S/C14H11F3N2O5.ClH/c15-14(16,17)6-24-8-1-2-9-7(3-8)4-10(20)12(19-9)13(23)18-5-11(21)22;/h1-4,20H,5-6H2,(H,18,23)(H,21,22);1H. The number of hydrogen-bond acceptors (Lipinski definition) is 5. The molecule has 11 heteroatoms. The maximum Gasteiger partial charge on any atom is 0.422 e. The molecule has 0 aliphatic carbocycles. The number of carboxylic acids is 1. The fourth-order valence-corrected chi connectivity index (χ4v) is 1.81. The van der Waals surface area contributed by atoms with E-state index in [-0.39, 0.29) is 29.1 Å². The summed E-state index contributed by atoms with van der Waals surface area (Å²) in [5.74, 6) is -2.79. The highest BCUT2D eigenvalue weighted by Gasteiger charge is 2.28. The molecule has 1 heterocycles. The molecule has 0 aliphatic rings. The van der Waals surface area contributed by atoms with Crippen molar-refractivity contribution in [3.05, 3.63) is 30.0 Å². The minimum absolute atomic E-state index is 0. The minimum atomic E-state index is -4.48. The van der Waals surface area contributed by atoms with Crippen molar-refractivity contribution in [2.75, 3.05) is 13.2 Å². The fourth-order valence-electron chi connectivity index (χ4n) is 1.81. The molecule has 0 bridgehead atoms. The number of carbonyl (C=O) groups is 2. The van der Waals surface area contributed by atoms with Gasteiger partial charge in [-0.1, -0.05) is 0 Å². The third kappa shape index (κ3) is 5.68. The number of rotatable bonds is 5. The molecule has 7 nitrogen and oxygen atoms in total. The van der Waals surface area contributed by atoms with Crippen LogP contribution in [0.2, 0.25) is 0 Å². The summed E-state index contributed by atoms with van der Waals surface area (Å²) in [6.07, 6.45) is -4.48. The van der Waals surface area contributed by atoms with Gasteiger partial charge in [-0.05, 0) is 24.3 Å². The van der Waals surface area contributed by atoms with E-state index >= 15 is 0 Å². The molecular formula is C14H12ClF3N2O5. The maximum absolute atomic E-state index is 12.1. The monoisotopic (exact) mass is 380 g/mol. The molecule has 3 N–H and O–H groups in total. The maximum atomic E-state index is 12.1. The second-order valence-corrected chi connectivity index (χ2v) is 4.69. The van der Waals surface area contributed by atoms with Crippen LogP contribution in [0.4, 0.5) is 13.2 Å². The predicted octanol–water partition coefficient (Wildman–Crippen LogP) is 2.12. The van der Waals surface area contributed by atoms with E-state index < -0.39 is 42.6 Å². The van der Waals surface area contributed by atoms with Crippen LogP contribution in [0, 0.1) is 0 Å². The first-order valence-electron chi connectivity index (χ1n) is 6.49. The van der Waals surface area contributed by atoms with Crippen molar-refractivity contribution in [3.63, 3.8) is 0 Å². The van der Waals surface area contributed by atoms with E-state index in [1.54, 1.807) is 0 Å². The summed E-state index contributed by atoms with van der Waals surface area (Å²) in [5, 5.41) is 20.6. The van der Waals surface area contributed by atoms with E-state index in [1.165, 1.54) is 18.2 Å². The van der Waals surface area contributed by atoms with Crippen LogP contribution >= 0.6 is 12.4 Å². The van der Waals surface area contributed by atoms with E-state index in [2.05, 4.69) is 9.72 Å². The number of benzene rings is 1. The number of aliphatic carboxylic acids is 1. The van der Waals surface area contributed by atoms with Gasteiger partial charge < -0.3 is 20.3 Å². The molecule has 0 saturated carbocycles. The van der Waals surface area contributed by atoms with Crippen LogP contribution in [0.5, 0.6) is 11.5 Å². The van der Waals surface area contributed by atoms with Gasteiger partial charge in [0.2, 0.25) is 0 Å². The molecule has 2 rings (SSSR count). The molecule has 25 heavy (non-hydrogen) atoms. The van der Waals surface area contributed by atoms with E-state index in [1.807, 2.05) is 5.32 Å². The van der Waals surface area contributed by atoms with Crippen LogP contribution in [-0.4, -0.2) is 46.4 Å². The van der Waals surface area contributed by atoms with Gasteiger partial charge in [-0.2, -0.15) is 13.2 Å². The van der Waals surface area contributed by atoms with Crippen LogP contribution in [0.25, 0.3) is 10.9 Å². The summed E-state index contributed by atoms with van der Waals surface area (Å²) in [6, 6.07) is 4.90. The second-order valence-electron chi connectivity index (χ2n) is 4.69. The third-order valence-electron chi connectivity index (χ3n) is 2.78. The van der Waals surface area contributed by atoms with E-state index in [4.69, 9.17) is 5.11 Å². The highest BCUT2D eigenvalue weighted by atomic mass is 35.5. The number of aromatic hydroxyl groups is 1. The summed E-state index contributed by atoms with van der Waals surface area (Å²) in [4.78, 5) is 26.0. The molecule has 0 unspecified atom stereocenters. The Kier molecular flexibility index (Phi) is 6.40. The van der Waals surface area contributed by atoms with Gasteiger partial charge in [0.15, 0.2) is 12.3 Å². The van der Waals surface area contributed by atoms with Crippen molar-refractivity contribution >= 4 is 35.2 Å². The van der Waals surface area contributed by atoms with Gasteiger partial charge in [-0.25, -0.2) is 4.98 Å². The lowest BCUT2D eigenvalue weighted by molar-refractivity contribution is -0.153. The van der Waals surface area contributed by atoms with Crippen LogP contribution in [0.1, 0.15) is 10.5 Å². The number of carboxylic acid groups (broad SMARTS) is 1. The Hall–Kier alpha value is -2.75. The van der Waals surface area contributed by atoms with E-state index in [0.717, 1.165) is 6.07 Å². The lowest BCUT2D eigenvalue weighted by atomic mass is 10.1. The number of amides is 1. The molecule has 1 amide bonds. The SMILES string of the molecule is Cl.O=C(O)CNC(=O)c1nc2ccc(OCC(F)(F)F)cc2cc1O. The molecule has 1 aromatic carbocycles. The van der Waals surface area contributed by atoms with Crippen molar-refractivity contribution < 1.29 is 37.7 Å². The van der Waals surface area contributed by atoms with Crippen LogP contribution < -0.4 is 10.1 Å². The zero-order valence-electron chi connectivity index (χ0n) is 12.3. The first kappa shape index (κ1) is 20.3.